The molecule has 0 aliphatic carbocycles. The Labute approximate surface area is 197 Å². The number of nitrogens with zero attached hydrogens (tertiary/aromatic N) is 2. The molecule has 0 aliphatic rings. The Bertz CT molecular complexity index is 1160. The number of aromatic nitrogens is 1. The summed E-state index contributed by atoms with van der Waals surface area (Å²) in [4.78, 5) is 41.0. The quantitative estimate of drug-likeness (QED) is 0.339. The van der Waals surface area contributed by atoms with Gasteiger partial charge in [0.15, 0.2) is 5.78 Å². The van der Waals surface area contributed by atoms with Crippen LogP contribution in [-0.4, -0.2) is 40.3 Å². The van der Waals surface area contributed by atoms with Crippen LogP contribution in [0.3, 0.4) is 0 Å². The summed E-state index contributed by atoms with van der Waals surface area (Å²) in [7, 11) is 1.31. The fourth-order valence-corrected chi connectivity index (χ4v) is 4.20. The van der Waals surface area contributed by atoms with Crippen molar-refractivity contribution < 1.29 is 23.5 Å². The second-order valence-corrected chi connectivity index (χ2v) is 8.17. The van der Waals surface area contributed by atoms with Crippen LogP contribution >= 0.6 is 11.6 Å². The predicted molar refractivity (Wildman–Crippen MR) is 125 cm³/mol. The standard InChI is InChI=1S/C25H27ClN2O5/c1-6-27-16(3)21(15(2)22(27)25(31)32-5)23(29)17(4)28(14-20-8-7-13-33-20)24(30)18-9-11-19(26)12-10-18/h7-13,17H,6,14H2,1-5H3. The van der Waals surface area contributed by atoms with Gasteiger partial charge in [-0.25, -0.2) is 4.79 Å². The molecular weight excluding hydrogens is 444 g/mol. The van der Waals surface area contributed by atoms with Crippen LogP contribution < -0.4 is 0 Å². The van der Waals surface area contributed by atoms with E-state index in [4.69, 9.17) is 20.8 Å². The smallest absolute Gasteiger partial charge is 0.354 e. The normalized spacial score (nSPS) is 11.8. The van der Waals surface area contributed by atoms with Gasteiger partial charge in [0.1, 0.15) is 11.5 Å². The molecule has 0 saturated heterocycles. The van der Waals surface area contributed by atoms with Crippen LogP contribution in [0, 0.1) is 13.8 Å². The summed E-state index contributed by atoms with van der Waals surface area (Å²) in [5.74, 6) is -0.556. The number of ketones is 1. The third kappa shape index (κ3) is 4.73. The molecule has 1 atom stereocenters. The van der Waals surface area contributed by atoms with Crippen LogP contribution in [0.25, 0.3) is 0 Å². The molecule has 0 bridgehead atoms. The van der Waals surface area contributed by atoms with Gasteiger partial charge in [-0.2, -0.15) is 0 Å². The maximum absolute atomic E-state index is 13.7. The minimum Gasteiger partial charge on any atom is -0.467 e. The lowest BCUT2D eigenvalue weighted by Gasteiger charge is -2.28. The molecule has 7 nitrogen and oxygen atoms in total. The summed E-state index contributed by atoms with van der Waals surface area (Å²) in [6.07, 6.45) is 1.52. The molecule has 8 heteroatoms. The topological polar surface area (TPSA) is 81.8 Å². The lowest BCUT2D eigenvalue weighted by molar-refractivity contribution is 0.0585. The van der Waals surface area contributed by atoms with Gasteiger partial charge in [-0.05, 0) is 69.7 Å². The fraction of sp³-hybridized carbons (Fsp3) is 0.320. The summed E-state index contributed by atoms with van der Waals surface area (Å²) in [5.41, 5.74) is 2.35. The molecule has 0 N–H and O–H groups in total. The van der Waals surface area contributed by atoms with E-state index in [-0.39, 0.29) is 18.2 Å². The van der Waals surface area contributed by atoms with E-state index in [0.29, 0.717) is 45.4 Å². The van der Waals surface area contributed by atoms with Crippen molar-refractivity contribution in [2.24, 2.45) is 0 Å². The maximum atomic E-state index is 13.7. The van der Waals surface area contributed by atoms with Crippen LogP contribution in [0.2, 0.25) is 5.02 Å². The Morgan fingerprint density at radius 2 is 1.82 bits per heavy atom. The van der Waals surface area contributed by atoms with E-state index in [1.54, 1.807) is 61.7 Å². The zero-order valence-electron chi connectivity index (χ0n) is 19.3. The SMILES string of the molecule is CCn1c(C)c(C(=O)C(C)N(Cc2ccco2)C(=O)c2ccc(Cl)cc2)c(C)c1C(=O)OC. The molecule has 3 aromatic rings. The van der Waals surface area contributed by atoms with Crippen LogP contribution in [0.5, 0.6) is 0 Å². The first kappa shape index (κ1) is 24.3. The number of benzene rings is 1. The van der Waals surface area contributed by atoms with Crippen molar-refractivity contribution in [3.05, 3.63) is 81.5 Å². The Morgan fingerprint density at radius 1 is 1.15 bits per heavy atom. The molecule has 33 heavy (non-hydrogen) atoms. The number of esters is 1. The van der Waals surface area contributed by atoms with Crippen molar-refractivity contribution in [3.8, 4) is 0 Å². The number of halogens is 1. The van der Waals surface area contributed by atoms with Gasteiger partial charge in [-0.1, -0.05) is 11.6 Å². The van der Waals surface area contributed by atoms with Crippen molar-refractivity contribution in [1.82, 2.24) is 9.47 Å². The van der Waals surface area contributed by atoms with Gasteiger partial charge >= 0.3 is 5.97 Å². The van der Waals surface area contributed by atoms with Gasteiger partial charge in [0.05, 0.1) is 26.0 Å². The van der Waals surface area contributed by atoms with E-state index in [9.17, 15) is 14.4 Å². The second-order valence-electron chi connectivity index (χ2n) is 7.73. The van der Waals surface area contributed by atoms with Crippen molar-refractivity contribution in [2.75, 3.05) is 7.11 Å². The van der Waals surface area contributed by atoms with E-state index in [0.717, 1.165) is 0 Å². The van der Waals surface area contributed by atoms with E-state index in [1.807, 2.05) is 6.92 Å². The number of furan rings is 1. The van der Waals surface area contributed by atoms with E-state index < -0.39 is 12.0 Å². The number of hydrogen-bond donors (Lipinski definition) is 0. The molecule has 0 spiro atoms. The summed E-state index contributed by atoms with van der Waals surface area (Å²) in [6.45, 7) is 7.70. The van der Waals surface area contributed by atoms with Crippen LogP contribution in [0.15, 0.2) is 47.1 Å². The molecule has 2 heterocycles. The monoisotopic (exact) mass is 470 g/mol. The Morgan fingerprint density at radius 3 is 2.36 bits per heavy atom. The highest BCUT2D eigenvalue weighted by Gasteiger charge is 2.33. The summed E-state index contributed by atoms with van der Waals surface area (Å²) >= 11 is 5.97. The average molecular weight is 471 g/mol. The van der Waals surface area contributed by atoms with Crippen molar-refractivity contribution in [2.45, 2.75) is 46.8 Å². The second kappa shape index (κ2) is 10.1. The lowest BCUT2D eigenvalue weighted by atomic mass is 9.99. The molecule has 174 valence electrons. The number of carbonyl (C=O) groups excluding carboxylic acids is 3. The molecule has 1 unspecified atom stereocenters. The minimum atomic E-state index is -0.825. The molecule has 1 amide bonds. The average Bonchev–Trinajstić information content (AvgIpc) is 3.41. The number of carbonyl (C=O) groups is 3. The first-order valence-corrected chi connectivity index (χ1v) is 11.0. The number of ether oxygens (including phenoxy) is 1. The van der Waals surface area contributed by atoms with Gasteiger partial charge in [0.2, 0.25) is 0 Å². The molecule has 0 radical (unpaired) electrons. The zero-order chi connectivity index (χ0) is 24.3. The molecule has 0 aliphatic heterocycles. The Hall–Kier alpha value is -3.32. The summed E-state index contributed by atoms with van der Waals surface area (Å²) in [5, 5.41) is 0.510. The van der Waals surface area contributed by atoms with E-state index >= 15 is 0 Å². The van der Waals surface area contributed by atoms with Crippen molar-refractivity contribution in [3.63, 3.8) is 0 Å². The largest absolute Gasteiger partial charge is 0.467 e. The molecular formula is C25H27ClN2O5. The first-order valence-electron chi connectivity index (χ1n) is 10.6. The van der Waals surface area contributed by atoms with Gasteiger partial charge in [-0.3, -0.25) is 9.59 Å². The highest BCUT2D eigenvalue weighted by atomic mass is 35.5. The van der Waals surface area contributed by atoms with Gasteiger partial charge in [0.25, 0.3) is 5.91 Å². The third-order valence-corrected chi connectivity index (χ3v) is 6.07. The van der Waals surface area contributed by atoms with Crippen LogP contribution in [0.1, 0.15) is 62.1 Å². The molecule has 3 rings (SSSR count). The van der Waals surface area contributed by atoms with Gasteiger partial charge < -0.3 is 18.6 Å². The number of hydrogen-bond acceptors (Lipinski definition) is 5. The maximum Gasteiger partial charge on any atom is 0.354 e. The number of methoxy groups -OCH3 is 1. The molecule has 0 saturated carbocycles. The highest BCUT2D eigenvalue weighted by molar-refractivity contribution is 6.30. The van der Waals surface area contributed by atoms with E-state index in [1.165, 1.54) is 18.3 Å². The molecule has 1 aromatic carbocycles. The summed E-state index contributed by atoms with van der Waals surface area (Å²) in [6, 6.07) is 9.15. The highest BCUT2D eigenvalue weighted by Crippen LogP contribution is 2.27. The number of amides is 1. The Kier molecular flexibility index (Phi) is 7.43. The minimum absolute atomic E-state index is 0.109. The summed E-state index contributed by atoms with van der Waals surface area (Å²) < 4.78 is 12.1. The first-order chi connectivity index (χ1) is 15.7. The number of rotatable bonds is 8. The number of Topliss-reactive ketones (excluding diaryl/α,β-unsaturated/α-hetero) is 1. The molecule has 2 aromatic heterocycles. The predicted octanol–water partition coefficient (Wildman–Crippen LogP) is 5.07. The zero-order valence-corrected chi connectivity index (χ0v) is 20.1. The van der Waals surface area contributed by atoms with Crippen LogP contribution in [-0.2, 0) is 17.8 Å². The molecule has 0 fully saturated rings. The third-order valence-electron chi connectivity index (χ3n) is 5.81. The van der Waals surface area contributed by atoms with Crippen molar-refractivity contribution >= 4 is 29.3 Å². The lowest BCUT2D eigenvalue weighted by Crippen LogP contribution is -2.43. The van der Waals surface area contributed by atoms with Crippen molar-refractivity contribution in [1.29, 1.82) is 0 Å². The van der Waals surface area contributed by atoms with Gasteiger partial charge in [0, 0.05) is 28.4 Å². The van der Waals surface area contributed by atoms with E-state index in [2.05, 4.69) is 0 Å². The van der Waals surface area contributed by atoms with Crippen LogP contribution in [0.4, 0.5) is 0 Å². The Balaban J connectivity index is 2.04. The fourth-order valence-electron chi connectivity index (χ4n) is 4.08. The van der Waals surface area contributed by atoms with Gasteiger partial charge in [-0.15, -0.1) is 0 Å².